The lowest BCUT2D eigenvalue weighted by molar-refractivity contribution is -0.442. The van der Waals surface area contributed by atoms with Crippen LogP contribution in [0.3, 0.4) is 0 Å². The molecule has 4 aromatic rings. The van der Waals surface area contributed by atoms with E-state index in [4.69, 9.17) is 0 Å². The van der Waals surface area contributed by atoms with Crippen LogP contribution in [-0.2, 0) is 5.92 Å². The van der Waals surface area contributed by atoms with Gasteiger partial charge in [-0.2, -0.15) is 62.2 Å². The molecule has 0 aliphatic carbocycles. The van der Waals surface area contributed by atoms with Crippen molar-refractivity contribution in [1.29, 1.82) is 0 Å². The molecule has 3 nitrogen and oxygen atoms in total. The van der Waals surface area contributed by atoms with Gasteiger partial charge in [0.05, 0.1) is 11.4 Å². The first kappa shape index (κ1) is 29.1. The van der Waals surface area contributed by atoms with E-state index in [9.17, 15) is 48.3 Å². The molecule has 0 aliphatic rings. The first-order valence-corrected chi connectivity index (χ1v) is 10.8. The van der Waals surface area contributed by atoms with Gasteiger partial charge < -0.3 is 0 Å². The van der Waals surface area contributed by atoms with E-state index < -0.39 is 52.8 Å². The molecule has 2 heterocycles. The quantitative estimate of drug-likeness (QED) is 0.203. The molecule has 40 heavy (non-hydrogen) atoms. The molecular weight excluding hydrogens is 577 g/mol. The minimum Gasteiger partial charge on any atom is -0.228 e. The predicted octanol–water partition coefficient (Wildman–Crippen LogP) is 8.26. The van der Waals surface area contributed by atoms with Crippen LogP contribution in [0.1, 0.15) is 5.69 Å². The average molecular weight is 589 g/mol. The Balaban J connectivity index is 1.98. The zero-order valence-corrected chi connectivity index (χ0v) is 19.2. The summed E-state index contributed by atoms with van der Waals surface area (Å²) >= 11 is 0. The van der Waals surface area contributed by atoms with Gasteiger partial charge in [0.2, 0.25) is 0 Å². The molecule has 0 spiro atoms. The maximum atomic E-state index is 15.3. The first-order chi connectivity index (χ1) is 18.3. The largest absolute Gasteiger partial charge is 0.460 e. The van der Waals surface area contributed by atoms with Crippen molar-refractivity contribution in [3.63, 3.8) is 0 Å². The summed E-state index contributed by atoms with van der Waals surface area (Å²) in [6, 6.07) is 14.8. The molecule has 0 N–H and O–H groups in total. The van der Waals surface area contributed by atoms with E-state index in [2.05, 4.69) is 10.1 Å². The molecule has 0 bridgehead atoms. The molecule has 0 aliphatic heterocycles. The molecule has 0 saturated carbocycles. The van der Waals surface area contributed by atoms with Gasteiger partial charge in [0.15, 0.2) is 5.65 Å². The second-order valence-electron chi connectivity index (χ2n) is 8.43. The summed E-state index contributed by atoms with van der Waals surface area (Å²) in [5.41, 5.74) is -3.64. The minimum atomic E-state index is -8.01. The summed E-state index contributed by atoms with van der Waals surface area (Å²) in [6.07, 6.45) is -7.50. The van der Waals surface area contributed by atoms with Gasteiger partial charge in [-0.3, -0.25) is 0 Å². The summed E-state index contributed by atoms with van der Waals surface area (Å²) in [6.45, 7) is 0. The number of nitrogens with zero attached hydrogens (tertiary/aromatic N) is 3. The highest BCUT2D eigenvalue weighted by molar-refractivity contribution is 5.68. The molecule has 0 fully saturated rings. The van der Waals surface area contributed by atoms with Crippen molar-refractivity contribution in [2.24, 2.45) is 0 Å². The molecule has 0 saturated heterocycles. The fraction of sp³-hybridized carbons (Fsp3) is 0.250. The Morgan fingerprint density at radius 1 is 0.500 bits per heavy atom. The third-order valence-corrected chi connectivity index (χ3v) is 5.82. The second kappa shape index (κ2) is 9.09. The monoisotopic (exact) mass is 589 g/mol. The molecule has 2 aromatic carbocycles. The van der Waals surface area contributed by atoms with Gasteiger partial charge in [-0.15, -0.1) is 0 Å². The Hall–Kier alpha value is -3.85. The second-order valence-corrected chi connectivity index (χ2v) is 8.43. The topological polar surface area (TPSA) is 30.2 Å². The van der Waals surface area contributed by atoms with E-state index in [0.717, 1.165) is 6.07 Å². The molecular formula is C24H12F13N3. The fourth-order valence-electron chi connectivity index (χ4n) is 3.64. The maximum absolute atomic E-state index is 15.3. The summed E-state index contributed by atoms with van der Waals surface area (Å²) in [5, 5.41) is 3.61. The summed E-state index contributed by atoms with van der Waals surface area (Å²) in [7, 11) is 0. The average Bonchev–Trinajstić information content (AvgIpc) is 3.32. The van der Waals surface area contributed by atoms with Crippen LogP contribution in [0.5, 0.6) is 0 Å². The molecule has 0 radical (unpaired) electrons. The van der Waals surface area contributed by atoms with Crippen LogP contribution in [0.25, 0.3) is 28.2 Å². The molecule has 0 unspecified atom stereocenters. The Kier molecular flexibility index (Phi) is 6.62. The number of hydrogen-bond acceptors (Lipinski definition) is 2. The summed E-state index contributed by atoms with van der Waals surface area (Å²) in [4.78, 5) is 3.95. The highest BCUT2D eigenvalue weighted by Crippen LogP contribution is 2.62. The van der Waals surface area contributed by atoms with E-state index in [-0.39, 0.29) is 27.4 Å². The lowest BCUT2D eigenvalue weighted by Gasteiger charge is -2.39. The zero-order valence-electron chi connectivity index (χ0n) is 19.2. The number of halogens is 13. The maximum Gasteiger partial charge on any atom is 0.460 e. The van der Waals surface area contributed by atoms with Crippen LogP contribution in [0.15, 0.2) is 72.8 Å². The highest BCUT2D eigenvalue weighted by Gasteiger charge is 2.91. The van der Waals surface area contributed by atoms with Crippen molar-refractivity contribution in [2.45, 2.75) is 35.8 Å². The van der Waals surface area contributed by atoms with E-state index >= 15 is 8.78 Å². The third-order valence-electron chi connectivity index (χ3n) is 5.82. The minimum absolute atomic E-state index is 0.0616. The van der Waals surface area contributed by atoms with Gasteiger partial charge in [-0.1, -0.05) is 60.7 Å². The first-order valence-electron chi connectivity index (χ1n) is 10.8. The van der Waals surface area contributed by atoms with E-state index in [1.165, 1.54) is 60.7 Å². The number of rotatable bonds is 7. The fourth-order valence-corrected chi connectivity index (χ4v) is 3.64. The van der Waals surface area contributed by atoms with Crippen LogP contribution in [0.2, 0.25) is 0 Å². The molecule has 4 rings (SSSR count). The van der Waals surface area contributed by atoms with Gasteiger partial charge in [0.25, 0.3) is 0 Å². The van der Waals surface area contributed by atoms with E-state index in [1.807, 2.05) is 0 Å². The third kappa shape index (κ3) is 4.15. The van der Waals surface area contributed by atoms with Gasteiger partial charge in [0.1, 0.15) is 5.69 Å². The van der Waals surface area contributed by atoms with Crippen LogP contribution < -0.4 is 0 Å². The Labute approximate surface area is 214 Å². The molecule has 214 valence electrons. The summed E-state index contributed by atoms with van der Waals surface area (Å²) < 4.78 is 180. The van der Waals surface area contributed by atoms with Gasteiger partial charge in [0, 0.05) is 17.2 Å². The van der Waals surface area contributed by atoms with Crippen LogP contribution in [0, 0.1) is 0 Å². The number of hydrogen-bond donors (Lipinski definition) is 0. The van der Waals surface area contributed by atoms with Crippen LogP contribution in [-0.4, -0.2) is 44.5 Å². The molecule has 2 aromatic heterocycles. The molecule has 0 amide bonds. The van der Waals surface area contributed by atoms with E-state index in [0.29, 0.717) is 0 Å². The normalized spacial score (nSPS) is 14.1. The Morgan fingerprint density at radius 3 is 1.43 bits per heavy atom. The number of alkyl halides is 13. The van der Waals surface area contributed by atoms with Crippen LogP contribution >= 0.6 is 0 Å². The Bertz CT molecular complexity index is 1510. The van der Waals surface area contributed by atoms with E-state index in [1.54, 1.807) is 0 Å². The summed E-state index contributed by atoms with van der Waals surface area (Å²) in [5.74, 6) is -37.8. The molecule has 0 atom stereocenters. The van der Waals surface area contributed by atoms with Crippen molar-refractivity contribution < 1.29 is 57.1 Å². The Morgan fingerprint density at radius 2 is 0.950 bits per heavy atom. The standard InChI is InChI=1S/C24H12F13N3/c25-19(26,20(27,28)21(29,30)22(31,32)23(33,34)24(35,36)37)17-11-15(13-7-3-1-4-8-13)38-18-12-16(39-40(17)18)14-9-5-2-6-10-14/h1-12H. The van der Waals surface area contributed by atoms with Crippen molar-refractivity contribution in [1.82, 2.24) is 14.6 Å². The highest BCUT2D eigenvalue weighted by atomic mass is 19.4. The van der Waals surface area contributed by atoms with Crippen molar-refractivity contribution in [3.05, 3.63) is 78.5 Å². The van der Waals surface area contributed by atoms with Crippen LogP contribution in [0.4, 0.5) is 57.1 Å². The van der Waals surface area contributed by atoms with Crippen molar-refractivity contribution in [2.75, 3.05) is 0 Å². The smallest absolute Gasteiger partial charge is 0.228 e. The lowest BCUT2D eigenvalue weighted by atomic mass is 9.92. The predicted molar refractivity (Wildman–Crippen MR) is 114 cm³/mol. The van der Waals surface area contributed by atoms with Crippen molar-refractivity contribution in [3.8, 4) is 22.5 Å². The van der Waals surface area contributed by atoms with Crippen molar-refractivity contribution >= 4 is 5.65 Å². The SMILES string of the molecule is FC(F)(F)C(F)(F)C(F)(F)C(F)(F)C(F)(F)C(F)(F)c1cc(-c2ccccc2)nc2cc(-c3ccccc3)nn12. The number of benzene rings is 2. The van der Waals surface area contributed by atoms with Gasteiger partial charge in [-0.05, 0) is 6.07 Å². The number of aromatic nitrogens is 3. The van der Waals surface area contributed by atoms with Gasteiger partial charge in [-0.25, -0.2) is 9.50 Å². The zero-order chi connectivity index (χ0) is 29.9. The van der Waals surface area contributed by atoms with Gasteiger partial charge >= 0.3 is 35.8 Å². The number of fused-ring (bicyclic) bond motifs is 1. The molecule has 16 heteroatoms. The lowest BCUT2D eigenvalue weighted by Crippen LogP contribution is -2.69.